The van der Waals surface area contributed by atoms with E-state index in [-0.39, 0.29) is 35.0 Å². The Morgan fingerprint density at radius 2 is 1.67 bits per heavy atom. The lowest BCUT2D eigenvalue weighted by Gasteiger charge is -2.41. The van der Waals surface area contributed by atoms with Gasteiger partial charge in [-0.25, -0.2) is 9.50 Å². The number of amides is 1. The molecule has 2 aromatic heterocycles. The van der Waals surface area contributed by atoms with Crippen molar-refractivity contribution in [2.45, 2.75) is 51.9 Å². The van der Waals surface area contributed by atoms with Crippen molar-refractivity contribution in [2.24, 2.45) is 5.92 Å². The molecule has 0 aliphatic carbocycles. The van der Waals surface area contributed by atoms with E-state index in [2.05, 4.69) is 17.0 Å². The Morgan fingerprint density at radius 1 is 1.03 bits per heavy atom. The van der Waals surface area contributed by atoms with Crippen molar-refractivity contribution < 1.29 is 18.0 Å². The average molecular weight is 416 g/mol. The topological polar surface area (TPSA) is 50.5 Å². The molecule has 1 aromatic carbocycles. The van der Waals surface area contributed by atoms with E-state index in [1.807, 2.05) is 13.8 Å². The van der Waals surface area contributed by atoms with Crippen LogP contribution in [0.25, 0.3) is 16.9 Å². The summed E-state index contributed by atoms with van der Waals surface area (Å²) in [6, 6.07) is 11.0. The lowest BCUT2D eigenvalue weighted by Crippen LogP contribution is -2.49. The van der Waals surface area contributed by atoms with Crippen LogP contribution < -0.4 is 0 Å². The van der Waals surface area contributed by atoms with Crippen LogP contribution in [-0.4, -0.2) is 37.5 Å². The van der Waals surface area contributed by atoms with Crippen LogP contribution in [0.3, 0.4) is 0 Å². The van der Waals surface area contributed by atoms with Crippen molar-refractivity contribution in [3.8, 4) is 11.3 Å². The number of alkyl halides is 3. The van der Waals surface area contributed by atoms with Crippen molar-refractivity contribution >= 4 is 11.6 Å². The van der Waals surface area contributed by atoms with E-state index in [0.29, 0.717) is 11.5 Å². The zero-order chi connectivity index (χ0) is 21.6. The molecule has 4 rings (SSSR count). The van der Waals surface area contributed by atoms with E-state index >= 15 is 0 Å². The molecule has 0 bridgehead atoms. The normalized spacial score (nSPS) is 22.5. The van der Waals surface area contributed by atoms with E-state index in [1.54, 1.807) is 35.2 Å². The van der Waals surface area contributed by atoms with Gasteiger partial charge in [0.05, 0.1) is 5.69 Å². The second kappa shape index (κ2) is 7.41. The molecule has 1 aliphatic rings. The highest BCUT2D eigenvalue weighted by molar-refractivity contribution is 5.94. The fourth-order valence-corrected chi connectivity index (χ4v) is 4.49. The molecular formula is C22H23F3N4O. The van der Waals surface area contributed by atoms with Gasteiger partial charge in [0, 0.05) is 23.7 Å². The van der Waals surface area contributed by atoms with E-state index < -0.39 is 11.9 Å². The zero-order valence-electron chi connectivity index (χ0n) is 17.0. The summed E-state index contributed by atoms with van der Waals surface area (Å²) >= 11 is 0. The van der Waals surface area contributed by atoms with Crippen LogP contribution in [0.4, 0.5) is 13.2 Å². The Hall–Kier alpha value is -2.90. The Bertz CT molecular complexity index is 1070. The largest absolute Gasteiger partial charge is 0.433 e. The van der Waals surface area contributed by atoms with Crippen LogP contribution in [0.15, 0.2) is 42.5 Å². The third-order valence-electron chi connectivity index (χ3n) is 5.68. The number of rotatable bonds is 2. The third kappa shape index (κ3) is 3.66. The molecule has 1 fully saturated rings. The van der Waals surface area contributed by atoms with E-state index in [1.165, 1.54) is 6.07 Å². The Labute approximate surface area is 172 Å². The predicted octanol–water partition coefficient (Wildman–Crippen LogP) is 5.06. The number of carbonyl (C=O) groups is 1. The summed E-state index contributed by atoms with van der Waals surface area (Å²) in [5.41, 5.74) is -0.238. The Balaban J connectivity index is 1.81. The highest BCUT2D eigenvalue weighted by Gasteiger charge is 2.37. The van der Waals surface area contributed by atoms with Gasteiger partial charge in [0.1, 0.15) is 0 Å². The summed E-state index contributed by atoms with van der Waals surface area (Å²) in [5.74, 6) is 0.133. The van der Waals surface area contributed by atoms with Gasteiger partial charge in [0.2, 0.25) is 0 Å². The molecule has 30 heavy (non-hydrogen) atoms. The number of nitrogens with zero attached hydrogens (tertiary/aromatic N) is 4. The van der Waals surface area contributed by atoms with E-state index in [9.17, 15) is 18.0 Å². The Kier molecular flexibility index (Phi) is 5.03. The first kappa shape index (κ1) is 20.4. The van der Waals surface area contributed by atoms with Gasteiger partial charge in [-0.05, 0) is 38.7 Å². The lowest BCUT2D eigenvalue weighted by molar-refractivity contribution is -0.142. The summed E-state index contributed by atoms with van der Waals surface area (Å²) in [6.07, 6.45) is -2.93. The van der Waals surface area contributed by atoms with Gasteiger partial charge in [-0.3, -0.25) is 4.79 Å². The van der Waals surface area contributed by atoms with Gasteiger partial charge >= 0.3 is 6.18 Å². The van der Waals surface area contributed by atoms with Crippen LogP contribution in [0.1, 0.15) is 49.8 Å². The van der Waals surface area contributed by atoms with Crippen molar-refractivity contribution in [1.82, 2.24) is 19.5 Å². The third-order valence-corrected chi connectivity index (χ3v) is 5.68. The first-order chi connectivity index (χ1) is 14.1. The maximum absolute atomic E-state index is 13.8. The van der Waals surface area contributed by atoms with Crippen LogP contribution in [-0.2, 0) is 6.18 Å². The summed E-state index contributed by atoms with van der Waals surface area (Å²) in [7, 11) is 0. The number of piperidine rings is 1. The molecule has 0 N–H and O–H groups in total. The molecule has 1 saturated heterocycles. The first-order valence-electron chi connectivity index (χ1n) is 10.0. The zero-order valence-corrected chi connectivity index (χ0v) is 17.0. The summed E-state index contributed by atoms with van der Waals surface area (Å²) in [6.45, 7) is 6.07. The molecule has 0 saturated carbocycles. The van der Waals surface area contributed by atoms with Crippen LogP contribution in [0, 0.1) is 5.92 Å². The molecule has 0 radical (unpaired) electrons. The number of halogens is 3. The molecule has 0 spiro atoms. The van der Waals surface area contributed by atoms with Crippen molar-refractivity contribution in [2.75, 3.05) is 0 Å². The van der Waals surface area contributed by atoms with Crippen molar-refractivity contribution in [1.29, 1.82) is 0 Å². The number of benzene rings is 1. The summed E-state index contributed by atoms with van der Waals surface area (Å²) in [5, 5.41) is 4.02. The smallest absolute Gasteiger partial charge is 0.332 e. The highest BCUT2D eigenvalue weighted by Crippen LogP contribution is 2.33. The number of likely N-dealkylation sites (tertiary alicyclic amines) is 1. The van der Waals surface area contributed by atoms with Gasteiger partial charge < -0.3 is 4.90 Å². The molecule has 3 atom stereocenters. The van der Waals surface area contributed by atoms with Crippen molar-refractivity contribution in [3.05, 3.63) is 53.9 Å². The second-order valence-corrected chi connectivity index (χ2v) is 8.18. The van der Waals surface area contributed by atoms with Gasteiger partial charge in [-0.1, -0.05) is 37.3 Å². The fraction of sp³-hybridized carbons (Fsp3) is 0.409. The molecule has 1 aliphatic heterocycles. The molecule has 8 heteroatoms. The van der Waals surface area contributed by atoms with Crippen LogP contribution >= 0.6 is 0 Å². The quantitative estimate of drug-likeness (QED) is 0.587. The van der Waals surface area contributed by atoms with Crippen molar-refractivity contribution in [3.63, 3.8) is 0 Å². The minimum atomic E-state index is -4.64. The minimum Gasteiger partial charge on any atom is -0.332 e. The summed E-state index contributed by atoms with van der Waals surface area (Å²) in [4.78, 5) is 19.2. The molecule has 1 unspecified atom stereocenters. The molecule has 5 nitrogen and oxygen atoms in total. The van der Waals surface area contributed by atoms with E-state index in [0.717, 1.165) is 23.4 Å². The Morgan fingerprint density at radius 3 is 2.27 bits per heavy atom. The SMILES string of the molecule is CC1C[C@@H](C)N(C(=O)c2cc3nc(-c4ccccc4)cc(C(F)(F)F)n3n2)[C@@H](C)C1. The highest BCUT2D eigenvalue weighted by atomic mass is 19.4. The maximum atomic E-state index is 13.8. The van der Waals surface area contributed by atoms with Gasteiger partial charge in [0.25, 0.3) is 5.91 Å². The molecular weight excluding hydrogens is 393 g/mol. The molecule has 3 heterocycles. The minimum absolute atomic E-state index is 0.00212. The number of hydrogen-bond acceptors (Lipinski definition) is 3. The van der Waals surface area contributed by atoms with E-state index in [4.69, 9.17) is 0 Å². The van der Waals surface area contributed by atoms with Gasteiger partial charge in [-0.2, -0.15) is 18.3 Å². The first-order valence-corrected chi connectivity index (χ1v) is 10.0. The predicted molar refractivity (Wildman–Crippen MR) is 107 cm³/mol. The fourth-order valence-electron chi connectivity index (χ4n) is 4.49. The number of hydrogen-bond donors (Lipinski definition) is 0. The number of carbonyl (C=O) groups excluding carboxylic acids is 1. The standard InChI is InChI=1S/C22H23F3N4O/c1-13-9-14(2)28(15(3)10-13)21(30)18-12-20-26-17(16-7-5-4-6-8-16)11-19(22(23,24)25)29(20)27-18/h4-8,11-15H,9-10H2,1-3H3/t13?,14-,15+. The van der Waals surface area contributed by atoms with Crippen LogP contribution in [0.2, 0.25) is 0 Å². The second-order valence-electron chi connectivity index (χ2n) is 8.18. The average Bonchev–Trinajstić information content (AvgIpc) is 3.10. The molecule has 3 aromatic rings. The van der Waals surface area contributed by atoms with Gasteiger partial charge in [-0.15, -0.1) is 0 Å². The number of fused-ring (bicyclic) bond motifs is 1. The summed E-state index contributed by atoms with van der Waals surface area (Å²) < 4.78 is 42.0. The van der Waals surface area contributed by atoms with Crippen LogP contribution in [0.5, 0.6) is 0 Å². The number of aromatic nitrogens is 3. The maximum Gasteiger partial charge on any atom is 0.433 e. The van der Waals surface area contributed by atoms with Gasteiger partial charge in [0.15, 0.2) is 17.0 Å². The lowest BCUT2D eigenvalue weighted by atomic mass is 9.88. The molecule has 1 amide bonds. The molecule has 158 valence electrons. The monoisotopic (exact) mass is 416 g/mol.